The molecule has 1 aliphatic carbocycles. The maximum atomic E-state index is 13.2. The predicted molar refractivity (Wildman–Crippen MR) is 128 cm³/mol. The van der Waals surface area contributed by atoms with Crippen LogP contribution in [0.25, 0.3) is 10.9 Å². The van der Waals surface area contributed by atoms with Crippen LogP contribution >= 0.6 is 0 Å². The highest BCUT2D eigenvalue weighted by Crippen LogP contribution is 2.40. The van der Waals surface area contributed by atoms with Gasteiger partial charge in [0, 0.05) is 28.9 Å². The molecule has 1 heterocycles. The Bertz CT molecular complexity index is 1230. The number of ether oxygens (including phenoxy) is 4. The summed E-state index contributed by atoms with van der Waals surface area (Å²) in [4.78, 5) is 30.6. The minimum atomic E-state index is -0.517. The number of rotatable bonds is 7. The molecule has 178 valence electrons. The van der Waals surface area contributed by atoms with Gasteiger partial charge in [-0.05, 0) is 50.3 Å². The van der Waals surface area contributed by atoms with E-state index in [0.717, 1.165) is 53.4 Å². The number of hydrogen-bond donors (Lipinski definition) is 1. The normalized spacial score (nSPS) is 12.6. The molecule has 0 spiro atoms. The predicted octanol–water partition coefficient (Wildman–Crippen LogP) is 4.24. The third kappa shape index (κ3) is 4.62. The summed E-state index contributed by atoms with van der Waals surface area (Å²) in [7, 11) is 4.49. The zero-order valence-corrected chi connectivity index (χ0v) is 19.8. The summed E-state index contributed by atoms with van der Waals surface area (Å²) in [6.07, 6.45) is 3.65. The first-order valence-electron chi connectivity index (χ1n) is 11.1. The van der Waals surface area contributed by atoms with E-state index in [1.807, 2.05) is 25.1 Å². The Morgan fingerprint density at radius 3 is 2.35 bits per heavy atom. The van der Waals surface area contributed by atoms with Gasteiger partial charge in [-0.1, -0.05) is 11.6 Å². The first-order valence-corrected chi connectivity index (χ1v) is 11.1. The number of fused-ring (bicyclic) bond motifs is 2. The number of methoxy groups -OCH3 is 3. The zero-order valence-electron chi connectivity index (χ0n) is 19.8. The van der Waals surface area contributed by atoms with Crippen molar-refractivity contribution in [3.8, 4) is 17.2 Å². The van der Waals surface area contributed by atoms with E-state index in [0.29, 0.717) is 28.5 Å². The van der Waals surface area contributed by atoms with Gasteiger partial charge >= 0.3 is 5.97 Å². The summed E-state index contributed by atoms with van der Waals surface area (Å²) in [6.45, 7) is 1.54. The number of hydrogen-bond acceptors (Lipinski definition) is 7. The van der Waals surface area contributed by atoms with Gasteiger partial charge < -0.3 is 24.3 Å². The Hall–Kier alpha value is -3.81. The molecule has 1 aromatic heterocycles. The molecule has 8 nitrogen and oxygen atoms in total. The van der Waals surface area contributed by atoms with E-state index in [9.17, 15) is 9.59 Å². The number of carbonyl (C=O) groups excluding carboxylic acids is 2. The fraction of sp³-hybridized carbons (Fsp3) is 0.346. The van der Waals surface area contributed by atoms with Gasteiger partial charge in [-0.3, -0.25) is 9.78 Å². The first kappa shape index (κ1) is 23.4. The quantitative estimate of drug-likeness (QED) is 0.523. The maximum Gasteiger partial charge on any atom is 0.339 e. The molecule has 0 saturated carbocycles. The Balaban J connectivity index is 1.55. The number of pyridine rings is 1. The standard InChI is InChI=1S/C26H28N2O6/c1-15-9-10-20-18(11-15)24(17-7-5-6-8-19(17)28-20)26(30)34-14-23(29)27-16-12-21(31-2)25(33-4)22(13-16)32-3/h9-13H,5-8,14H2,1-4H3,(H,27,29). The van der Waals surface area contributed by atoms with Crippen LogP contribution in [0.4, 0.5) is 5.69 Å². The van der Waals surface area contributed by atoms with Gasteiger partial charge in [-0.25, -0.2) is 4.79 Å². The Kier molecular flexibility index (Phi) is 6.86. The third-order valence-corrected chi connectivity index (χ3v) is 5.90. The highest BCUT2D eigenvalue weighted by Gasteiger charge is 2.24. The summed E-state index contributed by atoms with van der Waals surface area (Å²) in [5.41, 5.74) is 4.61. The van der Waals surface area contributed by atoms with Crippen molar-refractivity contribution in [1.29, 1.82) is 0 Å². The monoisotopic (exact) mass is 464 g/mol. The van der Waals surface area contributed by atoms with E-state index in [4.69, 9.17) is 23.9 Å². The molecule has 8 heteroatoms. The number of nitrogens with zero attached hydrogens (tertiary/aromatic N) is 1. The van der Waals surface area contributed by atoms with Crippen molar-refractivity contribution >= 4 is 28.5 Å². The minimum absolute atomic E-state index is 0.402. The summed E-state index contributed by atoms with van der Waals surface area (Å²) in [6, 6.07) is 9.06. The minimum Gasteiger partial charge on any atom is -0.493 e. The number of amides is 1. The van der Waals surface area contributed by atoms with Gasteiger partial charge in [0.05, 0.1) is 32.4 Å². The number of aromatic nitrogens is 1. The lowest BCUT2D eigenvalue weighted by Gasteiger charge is -2.20. The van der Waals surface area contributed by atoms with Crippen LogP contribution in [-0.4, -0.2) is 44.8 Å². The van der Waals surface area contributed by atoms with Crippen molar-refractivity contribution in [3.05, 3.63) is 52.7 Å². The molecule has 4 rings (SSSR count). The van der Waals surface area contributed by atoms with Gasteiger partial charge in [0.15, 0.2) is 18.1 Å². The molecule has 3 aromatic rings. The molecular weight excluding hydrogens is 436 g/mol. The number of esters is 1. The molecule has 0 unspecified atom stereocenters. The molecule has 2 aromatic carbocycles. The van der Waals surface area contributed by atoms with Crippen molar-refractivity contribution in [2.45, 2.75) is 32.6 Å². The second kappa shape index (κ2) is 9.99. The molecule has 1 aliphatic rings. The number of nitrogens with one attached hydrogen (secondary N) is 1. The highest BCUT2D eigenvalue weighted by atomic mass is 16.5. The van der Waals surface area contributed by atoms with Crippen LogP contribution in [0.5, 0.6) is 17.2 Å². The van der Waals surface area contributed by atoms with Gasteiger partial charge in [0.25, 0.3) is 5.91 Å². The van der Waals surface area contributed by atoms with Gasteiger partial charge in [0.1, 0.15) is 0 Å². The second-order valence-corrected chi connectivity index (χ2v) is 8.18. The van der Waals surface area contributed by atoms with Crippen molar-refractivity contribution in [3.63, 3.8) is 0 Å². The Morgan fingerprint density at radius 1 is 0.971 bits per heavy atom. The zero-order chi connectivity index (χ0) is 24.2. The van der Waals surface area contributed by atoms with Gasteiger partial charge in [-0.2, -0.15) is 0 Å². The molecule has 0 aliphatic heterocycles. The molecule has 0 bridgehead atoms. The Morgan fingerprint density at radius 2 is 1.68 bits per heavy atom. The van der Waals surface area contributed by atoms with Crippen LogP contribution in [0.1, 0.15) is 40.0 Å². The molecule has 34 heavy (non-hydrogen) atoms. The average Bonchev–Trinajstić information content (AvgIpc) is 2.85. The maximum absolute atomic E-state index is 13.2. The summed E-state index contributed by atoms with van der Waals surface area (Å²) >= 11 is 0. The smallest absolute Gasteiger partial charge is 0.339 e. The molecule has 0 fully saturated rings. The van der Waals surface area contributed by atoms with E-state index in [1.54, 1.807) is 12.1 Å². The van der Waals surface area contributed by atoms with Gasteiger partial charge in [-0.15, -0.1) is 0 Å². The van der Waals surface area contributed by atoms with Crippen LogP contribution in [-0.2, 0) is 22.4 Å². The van der Waals surface area contributed by atoms with Crippen molar-refractivity contribution in [2.75, 3.05) is 33.3 Å². The average molecular weight is 465 g/mol. The number of anilines is 1. The molecule has 0 radical (unpaired) electrons. The lowest BCUT2D eigenvalue weighted by Crippen LogP contribution is -2.22. The van der Waals surface area contributed by atoms with Crippen LogP contribution in [0.2, 0.25) is 0 Å². The molecule has 1 N–H and O–H groups in total. The van der Waals surface area contributed by atoms with Crippen LogP contribution in [0.3, 0.4) is 0 Å². The third-order valence-electron chi connectivity index (χ3n) is 5.90. The van der Waals surface area contributed by atoms with Crippen LogP contribution < -0.4 is 19.5 Å². The van der Waals surface area contributed by atoms with E-state index in [2.05, 4.69) is 5.32 Å². The molecular formula is C26H28N2O6. The van der Waals surface area contributed by atoms with E-state index in [-0.39, 0.29) is 0 Å². The SMILES string of the molecule is COc1cc(NC(=O)COC(=O)c2c3c(nc4ccc(C)cc24)CCCC3)cc(OC)c1OC. The molecule has 1 amide bonds. The van der Waals surface area contributed by atoms with Crippen molar-refractivity contribution in [1.82, 2.24) is 4.98 Å². The van der Waals surface area contributed by atoms with Crippen molar-refractivity contribution < 1.29 is 28.5 Å². The van der Waals surface area contributed by atoms with E-state index >= 15 is 0 Å². The van der Waals surface area contributed by atoms with Crippen LogP contribution in [0.15, 0.2) is 30.3 Å². The number of carbonyl (C=O) groups is 2. The van der Waals surface area contributed by atoms with E-state index in [1.165, 1.54) is 21.3 Å². The van der Waals surface area contributed by atoms with Crippen LogP contribution in [0, 0.1) is 6.92 Å². The lowest BCUT2D eigenvalue weighted by atomic mass is 9.89. The first-order chi connectivity index (χ1) is 16.4. The second-order valence-electron chi connectivity index (χ2n) is 8.18. The summed E-state index contributed by atoms with van der Waals surface area (Å²) < 4.78 is 21.4. The van der Waals surface area contributed by atoms with Crippen molar-refractivity contribution in [2.24, 2.45) is 0 Å². The topological polar surface area (TPSA) is 96.0 Å². The fourth-order valence-corrected chi connectivity index (χ4v) is 4.32. The Labute approximate surface area is 198 Å². The molecule has 0 saturated heterocycles. The number of aryl methyl sites for hydroxylation is 2. The highest BCUT2D eigenvalue weighted by molar-refractivity contribution is 6.06. The molecule has 0 atom stereocenters. The largest absolute Gasteiger partial charge is 0.493 e. The summed E-state index contributed by atoms with van der Waals surface area (Å²) in [5.74, 6) is 0.222. The lowest BCUT2D eigenvalue weighted by molar-refractivity contribution is -0.119. The summed E-state index contributed by atoms with van der Waals surface area (Å²) in [5, 5.41) is 3.47. The fourth-order valence-electron chi connectivity index (χ4n) is 4.32. The van der Waals surface area contributed by atoms with E-state index < -0.39 is 18.5 Å². The number of benzene rings is 2. The van der Waals surface area contributed by atoms with Gasteiger partial charge in [0.2, 0.25) is 5.75 Å².